The minimum Gasteiger partial charge on any atom is -0.454 e. The van der Waals surface area contributed by atoms with Crippen LogP contribution in [0.5, 0.6) is 0 Å². The molecule has 6 nitrogen and oxygen atoms in total. The van der Waals surface area contributed by atoms with E-state index in [1.807, 2.05) is 38.2 Å². The van der Waals surface area contributed by atoms with Gasteiger partial charge in [0.05, 0.1) is 5.39 Å². The third kappa shape index (κ3) is 3.82. The fourth-order valence-corrected chi connectivity index (χ4v) is 4.57. The van der Waals surface area contributed by atoms with Crippen LogP contribution in [0.25, 0.3) is 21.1 Å². The van der Waals surface area contributed by atoms with E-state index >= 15 is 0 Å². The fourth-order valence-electron chi connectivity index (χ4n) is 3.54. The molecule has 4 rings (SSSR count). The average molecular weight is 410 g/mol. The highest BCUT2D eigenvalue weighted by Gasteiger charge is 2.18. The van der Waals surface area contributed by atoms with Crippen LogP contribution in [0.3, 0.4) is 0 Å². The molecule has 0 amide bonds. The lowest BCUT2D eigenvalue weighted by Gasteiger charge is -2.12. The maximum atomic E-state index is 12.4. The molecule has 29 heavy (non-hydrogen) atoms. The Balaban J connectivity index is 1.38. The number of fused-ring (bicyclic) bond motifs is 2. The summed E-state index contributed by atoms with van der Waals surface area (Å²) in [6.45, 7) is 5.62. The third-order valence-electron chi connectivity index (χ3n) is 5.25. The van der Waals surface area contributed by atoms with E-state index in [2.05, 4.69) is 21.0 Å². The van der Waals surface area contributed by atoms with Crippen LogP contribution in [-0.4, -0.2) is 20.9 Å². The number of benzene rings is 1. The van der Waals surface area contributed by atoms with Crippen LogP contribution < -0.4 is 5.56 Å². The summed E-state index contributed by atoms with van der Waals surface area (Å²) in [6.07, 6.45) is 3.19. The Labute approximate surface area is 171 Å². The van der Waals surface area contributed by atoms with Gasteiger partial charge in [0.25, 0.3) is 5.56 Å². The Morgan fingerprint density at radius 3 is 2.90 bits per heavy atom. The van der Waals surface area contributed by atoms with E-state index in [1.165, 1.54) is 22.3 Å². The molecule has 0 saturated heterocycles. The number of hydrogen-bond acceptors (Lipinski definition) is 5. The minimum absolute atomic E-state index is 0.186. The predicted octanol–water partition coefficient (Wildman–Crippen LogP) is 4.71. The van der Waals surface area contributed by atoms with Crippen LogP contribution in [0.4, 0.5) is 0 Å². The topological polar surface area (TPSA) is 87.8 Å². The summed E-state index contributed by atoms with van der Waals surface area (Å²) in [5.74, 6) is 0.0901. The van der Waals surface area contributed by atoms with Crippen LogP contribution in [0.1, 0.15) is 47.7 Å². The summed E-state index contributed by atoms with van der Waals surface area (Å²) in [4.78, 5) is 37.0. The van der Waals surface area contributed by atoms with Gasteiger partial charge in [0.1, 0.15) is 4.83 Å². The molecule has 1 aromatic carbocycles. The molecular weight excluding hydrogens is 386 g/mol. The molecule has 150 valence electrons. The lowest BCUT2D eigenvalue weighted by molar-refractivity contribution is -0.149. The molecule has 3 aromatic heterocycles. The highest BCUT2D eigenvalue weighted by molar-refractivity contribution is 7.18. The summed E-state index contributed by atoms with van der Waals surface area (Å²) in [5.41, 5.74) is 3.06. The third-order valence-corrected chi connectivity index (χ3v) is 6.35. The van der Waals surface area contributed by atoms with Gasteiger partial charge in [-0.25, -0.2) is 4.98 Å². The van der Waals surface area contributed by atoms with Gasteiger partial charge in [-0.2, -0.15) is 0 Å². The van der Waals surface area contributed by atoms with Crippen molar-refractivity contribution >= 4 is 38.4 Å². The van der Waals surface area contributed by atoms with E-state index in [-0.39, 0.29) is 11.5 Å². The quantitative estimate of drug-likeness (QED) is 0.452. The molecule has 2 N–H and O–H groups in total. The van der Waals surface area contributed by atoms with Crippen molar-refractivity contribution in [2.45, 2.75) is 46.1 Å². The first kappa shape index (κ1) is 19.4. The molecular formula is C22H23N3O3S. The number of aryl methyl sites for hydroxylation is 3. The lowest BCUT2D eigenvalue weighted by Crippen LogP contribution is -2.17. The second-order valence-corrected chi connectivity index (χ2v) is 8.46. The van der Waals surface area contributed by atoms with Gasteiger partial charge in [-0.15, -0.1) is 11.3 Å². The predicted molar refractivity (Wildman–Crippen MR) is 115 cm³/mol. The first-order valence-electron chi connectivity index (χ1n) is 9.68. The van der Waals surface area contributed by atoms with Crippen molar-refractivity contribution in [2.24, 2.45) is 0 Å². The zero-order valence-corrected chi connectivity index (χ0v) is 17.5. The molecule has 3 heterocycles. The number of aromatic amines is 2. The van der Waals surface area contributed by atoms with Crippen LogP contribution in [0.15, 0.2) is 35.3 Å². The van der Waals surface area contributed by atoms with Crippen molar-refractivity contribution in [3.05, 3.63) is 62.6 Å². The number of aromatic nitrogens is 3. The monoisotopic (exact) mass is 409 g/mol. The van der Waals surface area contributed by atoms with Crippen LogP contribution in [-0.2, 0) is 16.0 Å². The van der Waals surface area contributed by atoms with Gasteiger partial charge in [-0.05, 0) is 50.8 Å². The van der Waals surface area contributed by atoms with E-state index in [0.717, 1.165) is 22.4 Å². The first-order chi connectivity index (χ1) is 13.9. The molecule has 0 bridgehead atoms. The van der Waals surface area contributed by atoms with E-state index in [9.17, 15) is 9.59 Å². The molecule has 0 saturated carbocycles. The molecule has 7 heteroatoms. The Morgan fingerprint density at radius 2 is 2.07 bits per heavy atom. The lowest BCUT2D eigenvalue weighted by atomic mass is 10.1. The number of ether oxygens (including phenoxy) is 1. The number of carbonyl (C=O) groups excluding carboxylic acids is 1. The number of carbonyl (C=O) groups is 1. The number of nitrogens with one attached hydrogen (secondary N) is 2. The van der Waals surface area contributed by atoms with Crippen molar-refractivity contribution in [3.63, 3.8) is 0 Å². The smallest absolute Gasteiger partial charge is 0.306 e. The molecule has 1 unspecified atom stereocenters. The van der Waals surface area contributed by atoms with Gasteiger partial charge in [0.15, 0.2) is 11.9 Å². The van der Waals surface area contributed by atoms with Crippen molar-refractivity contribution in [1.29, 1.82) is 0 Å². The number of para-hydroxylation sites is 1. The summed E-state index contributed by atoms with van der Waals surface area (Å²) in [7, 11) is 0. The van der Waals surface area contributed by atoms with Crippen LogP contribution >= 0.6 is 11.3 Å². The molecule has 0 radical (unpaired) electrons. The van der Waals surface area contributed by atoms with Crippen LogP contribution in [0.2, 0.25) is 0 Å². The minimum atomic E-state index is -0.601. The number of nitrogens with zero attached hydrogens (tertiary/aromatic N) is 1. The number of rotatable bonds is 6. The van der Waals surface area contributed by atoms with Gasteiger partial charge in [0, 0.05) is 28.4 Å². The average Bonchev–Trinajstić information content (AvgIpc) is 3.23. The molecule has 0 spiro atoms. The summed E-state index contributed by atoms with van der Waals surface area (Å²) >= 11 is 1.48. The summed E-state index contributed by atoms with van der Waals surface area (Å²) in [5, 5.41) is 1.80. The van der Waals surface area contributed by atoms with E-state index < -0.39 is 6.10 Å². The molecule has 4 aromatic rings. The van der Waals surface area contributed by atoms with Crippen molar-refractivity contribution < 1.29 is 9.53 Å². The molecule has 1 atom stereocenters. The first-order valence-corrected chi connectivity index (χ1v) is 10.5. The standard InChI is InChI=1S/C22H23N3O3S/c1-12-14(3)29-22-19(12)21(27)24-20(25-22)13(2)28-18(26)10-6-7-15-11-23-17-9-5-4-8-16(15)17/h4-5,8-9,11,13,23H,6-7,10H2,1-3H3,(H,24,25,27). The van der Waals surface area contributed by atoms with Crippen molar-refractivity contribution in [3.8, 4) is 0 Å². The Morgan fingerprint density at radius 1 is 1.28 bits per heavy atom. The number of thiophene rings is 1. The normalized spacial score (nSPS) is 12.5. The second-order valence-electron chi connectivity index (χ2n) is 7.26. The van der Waals surface area contributed by atoms with Gasteiger partial charge in [-0.3, -0.25) is 9.59 Å². The summed E-state index contributed by atoms with van der Waals surface area (Å²) in [6, 6.07) is 8.12. The number of esters is 1. The van der Waals surface area contributed by atoms with Crippen LogP contribution in [0, 0.1) is 13.8 Å². The molecule has 0 aliphatic rings. The zero-order chi connectivity index (χ0) is 20.5. The molecule has 0 fully saturated rings. The zero-order valence-electron chi connectivity index (χ0n) is 16.7. The van der Waals surface area contributed by atoms with Gasteiger partial charge in [-0.1, -0.05) is 18.2 Å². The fraction of sp³-hybridized carbons (Fsp3) is 0.318. The largest absolute Gasteiger partial charge is 0.454 e. The Hall–Kier alpha value is -2.93. The summed E-state index contributed by atoms with van der Waals surface area (Å²) < 4.78 is 5.51. The van der Waals surface area contributed by atoms with E-state index in [1.54, 1.807) is 6.92 Å². The SMILES string of the molecule is Cc1sc2nc(C(C)OC(=O)CCCc3c[nH]c4ccccc34)[nH]c(=O)c2c1C. The molecule has 0 aliphatic carbocycles. The van der Waals surface area contributed by atoms with Crippen molar-refractivity contribution in [2.75, 3.05) is 0 Å². The molecule has 0 aliphatic heterocycles. The highest BCUT2D eigenvalue weighted by atomic mass is 32.1. The highest BCUT2D eigenvalue weighted by Crippen LogP contribution is 2.27. The Kier molecular flexibility index (Phi) is 5.24. The Bertz CT molecular complexity index is 1250. The van der Waals surface area contributed by atoms with Crippen molar-refractivity contribution in [1.82, 2.24) is 15.0 Å². The maximum absolute atomic E-state index is 12.4. The second kappa shape index (κ2) is 7.83. The van der Waals surface area contributed by atoms with Gasteiger partial charge < -0.3 is 14.7 Å². The van der Waals surface area contributed by atoms with Gasteiger partial charge >= 0.3 is 5.97 Å². The van der Waals surface area contributed by atoms with Gasteiger partial charge in [0.2, 0.25) is 0 Å². The number of H-pyrrole nitrogens is 2. The van der Waals surface area contributed by atoms with E-state index in [4.69, 9.17) is 4.74 Å². The van der Waals surface area contributed by atoms with E-state index in [0.29, 0.717) is 28.9 Å². The maximum Gasteiger partial charge on any atom is 0.306 e. The number of hydrogen-bond donors (Lipinski definition) is 2.